The van der Waals surface area contributed by atoms with Crippen LogP contribution in [-0.2, 0) is 9.59 Å². The third-order valence-electron chi connectivity index (χ3n) is 1.63. The topological polar surface area (TPSA) is 86.6 Å². The van der Waals surface area contributed by atoms with Crippen LogP contribution in [0.3, 0.4) is 0 Å². The van der Waals surface area contributed by atoms with Gasteiger partial charge >= 0.3 is 5.97 Å². The van der Waals surface area contributed by atoms with Crippen LogP contribution in [0.15, 0.2) is 0 Å². The SMILES string of the molecule is CC(O)CCNC(=O)C(C)C(=O)O. The van der Waals surface area contributed by atoms with Crippen LogP contribution in [0.1, 0.15) is 20.3 Å². The van der Waals surface area contributed by atoms with Gasteiger partial charge in [0.05, 0.1) is 6.10 Å². The van der Waals surface area contributed by atoms with Gasteiger partial charge in [-0.05, 0) is 20.3 Å². The molecule has 13 heavy (non-hydrogen) atoms. The second-order valence-electron chi connectivity index (χ2n) is 2.99. The van der Waals surface area contributed by atoms with Crippen molar-refractivity contribution in [3.8, 4) is 0 Å². The fourth-order valence-corrected chi connectivity index (χ4v) is 0.669. The van der Waals surface area contributed by atoms with E-state index in [1.165, 1.54) is 6.92 Å². The first-order chi connectivity index (χ1) is 5.95. The lowest BCUT2D eigenvalue weighted by Crippen LogP contribution is -2.34. The molecule has 0 aromatic rings. The maximum Gasteiger partial charge on any atom is 0.315 e. The quantitative estimate of drug-likeness (QED) is 0.513. The van der Waals surface area contributed by atoms with Crippen molar-refractivity contribution in [2.24, 2.45) is 5.92 Å². The van der Waals surface area contributed by atoms with Crippen molar-refractivity contribution in [1.29, 1.82) is 0 Å². The van der Waals surface area contributed by atoms with E-state index in [0.29, 0.717) is 13.0 Å². The van der Waals surface area contributed by atoms with E-state index in [0.717, 1.165) is 0 Å². The minimum absolute atomic E-state index is 0.300. The van der Waals surface area contributed by atoms with Crippen molar-refractivity contribution in [2.75, 3.05) is 6.54 Å². The standard InChI is InChI=1S/C8H15NO4/c1-5(10)3-4-9-7(11)6(2)8(12)13/h5-6,10H,3-4H2,1-2H3,(H,9,11)(H,12,13). The van der Waals surface area contributed by atoms with Crippen molar-refractivity contribution in [2.45, 2.75) is 26.4 Å². The Kier molecular flexibility index (Phi) is 5.06. The molecule has 0 bridgehead atoms. The first-order valence-corrected chi connectivity index (χ1v) is 4.13. The monoisotopic (exact) mass is 189 g/mol. The smallest absolute Gasteiger partial charge is 0.315 e. The molecule has 0 saturated carbocycles. The van der Waals surface area contributed by atoms with Crippen LogP contribution in [0.5, 0.6) is 0 Å². The molecule has 0 aliphatic carbocycles. The van der Waals surface area contributed by atoms with E-state index in [1.807, 2.05) is 0 Å². The summed E-state index contributed by atoms with van der Waals surface area (Å²) in [7, 11) is 0. The van der Waals surface area contributed by atoms with Crippen LogP contribution in [0.4, 0.5) is 0 Å². The number of carboxylic acid groups (broad SMARTS) is 1. The molecule has 0 saturated heterocycles. The molecule has 0 heterocycles. The predicted molar refractivity (Wildman–Crippen MR) is 46.1 cm³/mol. The fourth-order valence-electron chi connectivity index (χ4n) is 0.669. The van der Waals surface area contributed by atoms with Crippen molar-refractivity contribution in [3.63, 3.8) is 0 Å². The maximum absolute atomic E-state index is 11.0. The van der Waals surface area contributed by atoms with Crippen molar-refractivity contribution in [1.82, 2.24) is 5.32 Å². The number of aliphatic hydroxyl groups is 1. The van der Waals surface area contributed by atoms with Crippen LogP contribution in [-0.4, -0.2) is 34.7 Å². The highest BCUT2D eigenvalue weighted by molar-refractivity contribution is 5.96. The summed E-state index contributed by atoms with van der Waals surface area (Å²) in [6.45, 7) is 3.22. The Balaban J connectivity index is 3.69. The fraction of sp³-hybridized carbons (Fsp3) is 0.750. The molecule has 0 fully saturated rings. The van der Waals surface area contributed by atoms with Crippen molar-refractivity contribution in [3.05, 3.63) is 0 Å². The average Bonchev–Trinajstić information content (AvgIpc) is 2.02. The molecule has 0 spiro atoms. The van der Waals surface area contributed by atoms with Crippen LogP contribution in [0.25, 0.3) is 0 Å². The first-order valence-electron chi connectivity index (χ1n) is 4.13. The summed E-state index contributed by atoms with van der Waals surface area (Å²) in [5.74, 6) is -2.70. The Morgan fingerprint density at radius 3 is 2.31 bits per heavy atom. The second-order valence-corrected chi connectivity index (χ2v) is 2.99. The molecule has 1 amide bonds. The van der Waals surface area contributed by atoms with Gasteiger partial charge in [-0.25, -0.2) is 0 Å². The number of aliphatic hydroxyl groups excluding tert-OH is 1. The molecule has 0 aromatic heterocycles. The van der Waals surface area contributed by atoms with Crippen molar-refractivity contribution < 1.29 is 19.8 Å². The molecule has 0 aliphatic heterocycles. The molecule has 2 atom stereocenters. The summed E-state index contributed by atoms with van der Waals surface area (Å²) in [6.07, 6.45) is -0.0571. The van der Waals surface area contributed by atoms with Gasteiger partial charge in [-0.1, -0.05) is 0 Å². The van der Waals surface area contributed by atoms with Crippen LogP contribution < -0.4 is 5.32 Å². The number of carboxylic acids is 1. The van der Waals surface area contributed by atoms with E-state index in [2.05, 4.69) is 5.32 Å². The third-order valence-corrected chi connectivity index (χ3v) is 1.63. The van der Waals surface area contributed by atoms with Gasteiger partial charge in [0.2, 0.25) is 5.91 Å². The molecule has 0 aliphatic rings. The molecular formula is C8H15NO4. The Hall–Kier alpha value is -1.10. The summed E-state index contributed by atoms with van der Waals surface area (Å²) in [6, 6.07) is 0. The molecule has 0 radical (unpaired) electrons. The molecule has 5 nitrogen and oxygen atoms in total. The zero-order chi connectivity index (χ0) is 10.4. The average molecular weight is 189 g/mol. The summed E-state index contributed by atoms with van der Waals surface area (Å²) < 4.78 is 0. The Labute approximate surface area is 76.8 Å². The van der Waals surface area contributed by atoms with E-state index in [4.69, 9.17) is 10.2 Å². The highest BCUT2D eigenvalue weighted by Crippen LogP contribution is 1.94. The molecule has 0 rings (SSSR count). The number of nitrogens with one attached hydrogen (secondary N) is 1. The van der Waals surface area contributed by atoms with Gasteiger partial charge in [0.1, 0.15) is 5.92 Å². The van der Waals surface area contributed by atoms with Crippen LogP contribution in [0.2, 0.25) is 0 Å². The largest absolute Gasteiger partial charge is 0.481 e. The normalized spacial score (nSPS) is 14.7. The Morgan fingerprint density at radius 2 is 1.92 bits per heavy atom. The van der Waals surface area contributed by atoms with Crippen molar-refractivity contribution >= 4 is 11.9 Å². The van der Waals surface area contributed by atoms with E-state index in [1.54, 1.807) is 6.92 Å². The lowest BCUT2D eigenvalue weighted by molar-refractivity contribution is -0.146. The molecule has 2 unspecified atom stereocenters. The van der Waals surface area contributed by atoms with E-state index in [9.17, 15) is 9.59 Å². The maximum atomic E-state index is 11.0. The molecule has 3 N–H and O–H groups in total. The first kappa shape index (κ1) is 11.9. The summed E-state index contributed by atoms with van der Waals surface area (Å²) >= 11 is 0. The number of aliphatic carboxylic acids is 1. The lowest BCUT2D eigenvalue weighted by atomic mass is 10.1. The number of carbonyl (C=O) groups excluding carboxylic acids is 1. The highest BCUT2D eigenvalue weighted by atomic mass is 16.4. The number of carbonyl (C=O) groups is 2. The summed E-state index contributed by atoms with van der Waals surface area (Å²) in [4.78, 5) is 21.3. The van der Waals surface area contributed by atoms with Gasteiger partial charge in [-0.2, -0.15) is 0 Å². The lowest BCUT2D eigenvalue weighted by Gasteiger charge is -2.08. The van der Waals surface area contributed by atoms with Gasteiger partial charge in [-0.3, -0.25) is 9.59 Å². The minimum Gasteiger partial charge on any atom is -0.481 e. The van der Waals surface area contributed by atoms with Gasteiger partial charge in [0, 0.05) is 6.54 Å². The van der Waals surface area contributed by atoms with Gasteiger partial charge in [0.25, 0.3) is 0 Å². The number of rotatable bonds is 5. The van der Waals surface area contributed by atoms with E-state index < -0.39 is 23.9 Å². The second kappa shape index (κ2) is 5.53. The highest BCUT2D eigenvalue weighted by Gasteiger charge is 2.19. The van der Waals surface area contributed by atoms with Gasteiger partial charge < -0.3 is 15.5 Å². The minimum atomic E-state index is -1.14. The number of amides is 1. The molecule has 76 valence electrons. The van der Waals surface area contributed by atoms with Crippen LogP contribution >= 0.6 is 0 Å². The third kappa shape index (κ3) is 5.19. The number of hydrogen-bond acceptors (Lipinski definition) is 3. The summed E-state index contributed by atoms with van der Waals surface area (Å²) in [5, 5.41) is 19.7. The van der Waals surface area contributed by atoms with Crippen LogP contribution in [0, 0.1) is 5.92 Å². The zero-order valence-electron chi connectivity index (χ0n) is 7.78. The molecular weight excluding hydrogens is 174 g/mol. The summed E-state index contributed by atoms with van der Waals surface area (Å²) in [5.41, 5.74) is 0. The molecule has 5 heteroatoms. The zero-order valence-corrected chi connectivity index (χ0v) is 7.78. The van der Waals surface area contributed by atoms with Gasteiger partial charge in [0.15, 0.2) is 0 Å². The Morgan fingerprint density at radius 1 is 1.38 bits per heavy atom. The molecule has 0 aromatic carbocycles. The number of hydrogen-bond donors (Lipinski definition) is 3. The van der Waals surface area contributed by atoms with E-state index in [-0.39, 0.29) is 0 Å². The Bertz CT molecular complexity index is 191. The van der Waals surface area contributed by atoms with Gasteiger partial charge in [-0.15, -0.1) is 0 Å². The van der Waals surface area contributed by atoms with E-state index >= 15 is 0 Å². The predicted octanol–water partition coefficient (Wildman–Crippen LogP) is -0.406.